The van der Waals surface area contributed by atoms with E-state index in [2.05, 4.69) is 48.8 Å². The summed E-state index contributed by atoms with van der Waals surface area (Å²) in [6.07, 6.45) is 10.7. The first-order chi connectivity index (χ1) is 10.2. The van der Waals surface area contributed by atoms with Crippen molar-refractivity contribution in [1.29, 1.82) is 0 Å². The molecule has 0 radical (unpaired) electrons. The zero-order chi connectivity index (χ0) is 15.2. The molecule has 1 saturated carbocycles. The second-order valence-corrected chi connectivity index (χ2v) is 6.92. The summed E-state index contributed by atoms with van der Waals surface area (Å²) < 4.78 is 2.28. The van der Waals surface area contributed by atoms with Gasteiger partial charge in [-0.15, -0.1) is 0 Å². The van der Waals surface area contributed by atoms with Crippen molar-refractivity contribution in [3.63, 3.8) is 0 Å². The Balaban J connectivity index is 1.96. The molecule has 1 unspecified atom stereocenters. The lowest BCUT2D eigenvalue weighted by atomic mass is 9.74. The highest BCUT2D eigenvalue weighted by Gasteiger charge is 2.29. The fourth-order valence-electron chi connectivity index (χ4n) is 3.90. The van der Waals surface area contributed by atoms with Gasteiger partial charge in [0.1, 0.15) is 5.82 Å². The minimum atomic E-state index is 0.593. The maximum atomic E-state index is 4.57. The Labute approximate surface area is 130 Å². The van der Waals surface area contributed by atoms with Gasteiger partial charge in [0.25, 0.3) is 0 Å². The van der Waals surface area contributed by atoms with Crippen LogP contribution in [0.25, 0.3) is 0 Å². The van der Waals surface area contributed by atoms with Gasteiger partial charge >= 0.3 is 0 Å². The molecule has 1 aromatic heterocycles. The number of nitrogens with one attached hydrogen (secondary N) is 1. The number of imidazole rings is 1. The van der Waals surface area contributed by atoms with Crippen LogP contribution in [-0.4, -0.2) is 22.1 Å². The molecule has 120 valence electrons. The molecule has 1 aliphatic rings. The lowest BCUT2D eigenvalue weighted by Crippen LogP contribution is -2.40. The molecule has 0 saturated heterocycles. The fourth-order valence-corrected chi connectivity index (χ4v) is 3.90. The molecule has 1 fully saturated rings. The van der Waals surface area contributed by atoms with Crippen LogP contribution in [0.5, 0.6) is 0 Å². The van der Waals surface area contributed by atoms with Gasteiger partial charge in [0.15, 0.2) is 0 Å². The zero-order valence-corrected chi connectivity index (χ0v) is 14.3. The van der Waals surface area contributed by atoms with Gasteiger partial charge in [0.05, 0.1) is 0 Å². The van der Waals surface area contributed by atoms with Gasteiger partial charge in [-0.05, 0) is 56.9 Å². The Morgan fingerprint density at radius 3 is 2.43 bits per heavy atom. The summed E-state index contributed by atoms with van der Waals surface area (Å²) in [7, 11) is 0. The molecule has 1 heterocycles. The van der Waals surface area contributed by atoms with E-state index in [9.17, 15) is 0 Å². The van der Waals surface area contributed by atoms with Gasteiger partial charge in [-0.1, -0.05) is 20.8 Å². The summed E-state index contributed by atoms with van der Waals surface area (Å²) in [4.78, 5) is 4.57. The van der Waals surface area contributed by atoms with E-state index in [1.807, 2.05) is 6.20 Å². The molecule has 0 aliphatic heterocycles. The molecule has 1 atom stereocenters. The molecule has 21 heavy (non-hydrogen) atoms. The third kappa shape index (κ3) is 4.32. The average Bonchev–Trinajstić information content (AvgIpc) is 2.94. The van der Waals surface area contributed by atoms with Crippen LogP contribution >= 0.6 is 0 Å². The van der Waals surface area contributed by atoms with Crippen molar-refractivity contribution < 1.29 is 0 Å². The van der Waals surface area contributed by atoms with Crippen molar-refractivity contribution in [1.82, 2.24) is 14.9 Å². The van der Waals surface area contributed by atoms with E-state index in [4.69, 9.17) is 0 Å². The largest absolute Gasteiger partial charge is 0.335 e. The summed E-state index contributed by atoms with van der Waals surface area (Å²) >= 11 is 0. The molecule has 1 aromatic rings. The van der Waals surface area contributed by atoms with Crippen LogP contribution in [0.3, 0.4) is 0 Å². The molecule has 1 N–H and O–H groups in total. The molecule has 3 nitrogen and oxygen atoms in total. The normalized spacial score (nSPS) is 24.4. The van der Waals surface area contributed by atoms with Crippen LogP contribution in [0.2, 0.25) is 0 Å². The Morgan fingerprint density at radius 2 is 1.86 bits per heavy atom. The lowest BCUT2D eigenvalue weighted by Gasteiger charge is -2.35. The first-order valence-corrected chi connectivity index (χ1v) is 8.89. The summed E-state index contributed by atoms with van der Waals surface area (Å²) in [6, 6.07) is 0.593. The van der Waals surface area contributed by atoms with E-state index in [0.717, 1.165) is 37.3 Å². The number of aryl methyl sites for hydroxylation is 1. The third-order valence-corrected chi connectivity index (χ3v) is 5.34. The second-order valence-electron chi connectivity index (χ2n) is 6.92. The first-order valence-electron chi connectivity index (χ1n) is 8.89. The first kappa shape index (κ1) is 16.5. The van der Waals surface area contributed by atoms with Crippen LogP contribution in [-0.2, 0) is 13.0 Å². The third-order valence-electron chi connectivity index (χ3n) is 5.34. The van der Waals surface area contributed by atoms with Crippen LogP contribution in [0, 0.1) is 17.8 Å². The van der Waals surface area contributed by atoms with E-state index >= 15 is 0 Å². The van der Waals surface area contributed by atoms with Gasteiger partial charge in [0, 0.05) is 31.4 Å². The van der Waals surface area contributed by atoms with Gasteiger partial charge < -0.3 is 9.88 Å². The van der Waals surface area contributed by atoms with Crippen molar-refractivity contribution in [3.8, 4) is 0 Å². The van der Waals surface area contributed by atoms with E-state index in [1.165, 1.54) is 31.5 Å². The standard InChI is InChI=1S/C18H33N3/c1-5-19-17(13-18-20-11-12-21(18)6-2)16-9-7-15(8-10-16)14(3)4/h11-12,14-17,19H,5-10,13H2,1-4H3. The number of nitrogens with zero attached hydrogens (tertiary/aromatic N) is 2. The van der Waals surface area contributed by atoms with Gasteiger partial charge in [-0.25, -0.2) is 4.98 Å². The Kier molecular flexibility index (Phi) is 6.28. The highest BCUT2D eigenvalue weighted by Crippen LogP contribution is 2.35. The topological polar surface area (TPSA) is 29.9 Å². The van der Waals surface area contributed by atoms with Gasteiger partial charge in [0.2, 0.25) is 0 Å². The molecule has 2 rings (SSSR count). The van der Waals surface area contributed by atoms with E-state index in [1.54, 1.807) is 0 Å². The maximum Gasteiger partial charge on any atom is 0.110 e. The van der Waals surface area contributed by atoms with Crippen LogP contribution in [0.1, 0.15) is 59.2 Å². The molecule has 0 bridgehead atoms. The van der Waals surface area contributed by atoms with Crippen LogP contribution < -0.4 is 5.32 Å². The van der Waals surface area contributed by atoms with Crippen LogP contribution in [0.4, 0.5) is 0 Å². The van der Waals surface area contributed by atoms with E-state index < -0.39 is 0 Å². The number of likely N-dealkylation sites (N-methyl/N-ethyl adjacent to an activating group) is 1. The lowest BCUT2D eigenvalue weighted by molar-refractivity contribution is 0.187. The summed E-state index contributed by atoms with van der Waals surface area (Å²) in [6.45, 7) is 11.3. The van der Waals surface area contributed by atoms with E-state index in [0.29, 0.717) is 6.04 Å². The molecular formula is C18H33N3. The smallest absolute Gasteiger partial charge is 0.110 e. The van der Waals surface area contributed by atoms with Crippen molar-refractivity contribution >= 4 is 0 Å². The summed E-state index contributed by atoms with van der Waals surface area (Å²) in [5.74, 6) is 3.86. The second kappa shape index (κ2) is 7.98. The minimum Gasteiger partial charge on any atom is -0.335 e. The quantitative estimate of drug-likeness (QED) is 0.826. The Morgan fingerprint density at radius 1 is 1.19 bits per heavy atom. The van der Waals surface area contributed by atoms with E-state index in [-0.39, 0.29) is 0 Å². The Hall–Kier alpha value is -0.830. The molecule has 3 heteroatoms. The SMILES string of the molecule is CCNC(Cc1nccn1CC)C1CCC(C(C)C)CC1. The number of aromatic nitrogens is 2. The average molecular weight is 291 g/mol. The number of hydrogen-bond acceptors (Lipinski definition) is 2. The Bertz CT molecular complexity index is 402. The predicted molar refractivity (Wildman–Crippen MR) is 89.4 cm³/mol. The molecule has 0 spiro atoms. The number of rotatable bonds is 7. The van der Waals surface area contributed by atoms with Crippen molar-refractivity contribution in [3.05, 3.63) is 18.2 Å². The van der Waals surface area contributed by atoms with Crippen molar-refractivity contribution in [2.24, 2.45) is 17.8 Å². The molecule has 0 amide bonds. The van der Waals surface area contributed by atoms with Crippen LogP contribution in [0.15, 0.2) is 12.4 Å². The highest BCUT2D eigenvalue weighted by atomic mass is 15.1. The summed E-state index contributed by atoms with van der Waals surface area (Å²) in [5, 5.41) is 3.73. The van der Waals surface area contributed by atoms with Gasteiger partial charge in [-0.2, -0.15) is 0 Å². The monoisotopic (exact) mass is 291 g/mol. The predicted octanol–water partition coefficient (Wildman–Crippen LogP) is 3.89. The zero-order valence-electron chi connectivity index (χ0n) is 14.3. The van der Waals surface area contributed by atoms with Gasteiger partial charge in [-0.3, -0.25) is 0 Å². The molecular weight excluding hydrogens is 258 g/mol. The highest BCUT2D eigenvalue weighted by molar-refractivity contribution is 4.97. The molecule has 0 aromatic carbocycles. The fraction of sp³-hybridized carbons (Fsp3) is 0.833. The minimum absolute atomic E-state index is 0.593. The molecule has 1 aliphatic carbocycles. The van der Waals surface area contributed by atoms with Crippen molar-refractivity contribution in [2.75, 3.05) is 6.54 Å². The summed E-state index contributed by atoms with van der Waals surface area (Å²) in [5.41, 5.74) is 0. The maximum absolute atomic E-state index is 4.57. The number of hydrogen-bond donors (Lipinski definition) is 1. The van der Waals surface area contributed by atoms with Crippen molar-refractivity contribution in [2.45, 2.75) is 72.4 Å².